The molecule has 28 heavy (non-hydrogen) atoms. The summed E-state index contributed by atoms with van der Waals surface area (Å²) in [6.07, 6.45) is -0.300. The fourth-order valence-corrected chi connectivity index (χ4v) is 3.22. The number of hydrogen-bond donors (Lipinski definition) is 2. The fraction of sp³-hybridized carbons (Fsp3) is 0.444. The van der Waals surface area contributed by atoms with Gasteiger partial charge < -0.3 is 20.3 Å². The number of carbonyl (C=O) groups is 2. The van der Waals surface area contributed by atoms with Crippen LogP contribution in [0, 0.1) is 0 Å². The Hall–Kier alpha value is -2.81. The number of nitrogens with two attached hydrogens (primary N) is 1. The van der Waals surface area contributed by atoms with Crippen LogP contribution < -0.4 is 10.6 Å². The summed E-state index contributed by atoms with van der Waals surface area (Å²) >= 11 is 6.42. The SMILES string of the molecule is CC(C)(C)OC(=O)N1CCN(c2ccc(-c3n[nH]nc3C(N)=O)c(Cl)c2)CC1. The van der Waals surface area contributed by atoms with Crippen molar-refractivity contribution in [3.63, 3.8) is 0 Å². The number of primary amides is 1. The van der Waals surface area contributed by atoms with Gasteiger partial charge in [0.05, 0.1) is 5.02 Å². The molecule has 2 amide bonds. The Morgan fingerprint density at radius 1 is 1.18 bits per heavy atom. The zero-order valence-electron chi connectivity index (χ0n) is 16.0. The highest BCUT2D eigenvalue weighted by atomic mass is 35.5. The Kier molecular flexibility index (Phi) is 5.46. The molecule has 0 atom stereocenters. The molecule has 1 saturated heterocycles. The van der Waals surface area contributed by atoms with Crippen molar-refractivity contribution in [1.29, 1.82) is 0 Å². The topological polar surface area (TPSA) is 117 Å². The van der Waals surface area contributed by atoms with Crippen LogP contribution >= 0.6 is 11.6 Å². The summed E-state index contributed by atoms with van der Waals surface area (Å²) < 4.78 is 5.42. The van der Waals surface area contributed by atoms with Gasteiger partial charge in [0, 0.05) is 37.4 Å². The molecule has 0 unspecified atom stereocenters. The zero-order chi connectivity index (χ0) is 20.5. The molecule has 0 bridgehead atoms. The average molecular weight is 407 g/mol. The molecule has 1 aromatic heterocycles. The van der Waals surface area contributed by atoms with E-state index in [9.17, 15) is 9.59 Å². The predicted molar refractivity (Wildman–Crippen MR) is 105 cm³/mol. The number of carbonyl (C=O) groups excluding carboxylic acids is 2. The smallest absolute Gasteiger partial charge is 0.410 e. The summed E-state index contributed by atoms with van der Waals surface area (Å²) in [6.45, 7) is 7.99. The highest BCUT2D eigenvalue weighted by Crippen LogP contribution is 2.32. The Bertz CT molecular complexity index is 884. The summed E-state index contributed by atoms with van der Waals surface area (Å²) in [7, 11) is 0. The number of hydrogen-bond acceptors (Lipinski definition) is 6. The van der Waals surface area contributed by atoms with Crippen molar-refractivity contribution in [2.45, 2.75) is 26.4 Å². The van der Waals surface area contributed by atoms with E-state index in [-0.39, 0.29) is 11.8 Å². The van der Waals surface area contributed by atoms with E-state index >= 15 is 0 Å². The Labute approximate surface area is 167 Å². The van der Waals surface area contributed by atoms with E-state index in [1.165, 1.54) is 0 Å². The average Bonchev–Trinajstić information content (AvgIpc) is 3.10. The van der Waals surface area contributed by atoms with Crippen LogP contribution in [0.5, 0.6) is 0 Å². The first-order valence-corrected chi connectivity index (χ1v) is 9.27. The molecule has 1 fully saturated rings. The summed E-state index contributed by atoms with van der Waals surface area (Å²) in [5.41, 5.74) is 6.65. The van der Waals surface area contributed by atoms with Gasteiger partial charge in [-0.15, -0.1) is 0 Å². The number of rotatable bonds is 3. The lowest BCUT2D eigenvalue weighted by molar-refractivity contribution is 0.0240. The van der Waals surface area contributed by atoms with Crippen LogP contribution in [0.4, 0.5) is 10.5 Å². The van der Waals surface area contributed by atoms with Gasteiger partial charge in [0.1, 0.15) is 11.3 Å². The standard InChI is InChI=1S/C18H23ClN6O3/c1-18(2,3)28-17(27)25-8-6-24(7-9-25)11-4-5-12(13(19)10-11)14-15(16(20)26)22-23-21-14/h4-5,10H,6-9H2,1-3H3,(H2,20,26)(H,21,22,23). The van der Waals surface area contributed by atoms with Crippen LogP contribution in [0.1, 0.15) is 31.3 Å². The molecular formula is C18H23ClN6O3. The molecule has 0 spiro atoms. The quantitative estimate of drug-likeness (QED) is 0.807. The zero-order valence-corrected chi connectivity index (χ0v) is 16.8. The number of nitrogens with zero attached hydrogens (tertiary/aromatic N) is 4. The van der Waals surface area contributed by atoms with Gasteiger partial charge in [0.15, 0.2) is 5.69 Å². The van der Waals surface area contributed by atoms with Crippen molar-refractivity contribution >= 4 is 29.3 Å². The van der Waals surface area contributed by atoms with Crippen LogP contribution in [0.2, 0.25) is 5.02 Å². The van der Waals surface area contributed by atoms with Crippen molar-refractivity contribution in [3.05, 3.63) is 28.9 Å². The monoisotopic (exact) mass is 406 g/mol. The minimum atomic E-state index is -0.679. The first kappa shape index (κ1) is 19.9. The van der Waals surface area contributed by atoms with Crippen LogP contribution in [0.25, 0.3) is 11.3 Å². The van der Waals surface area contributed by atoms with Crippen molar-refractivity contribution in [1.82, 2.24) is 20.3 Å². The van der Waals surface area contributed by atoms with Gasteiger partial charge >= 0.3 is 6.09 Å². The molecule has 2 heterocycles. The molecule has 3 rings (SSSR count). The van der Waals surface area contributed by atoms with Gasteiger partial charge in [-0.05, 0) is 39.0 Å². The number of ether oxygens (including phenoxy) is 1. The van der Waals surface area contributed by atoms with Crippen molar-refractivity contribution in [2.24, 2.45) is 5.73 Å². The minimum absolute atomic E-state index is 0.0422. The maximum absolute atomic E-state index is 12.2. The molecular weight excluding hydrogens is 384 g/mol. The molecule has 10 heteroatoms. The maximum Gasteiger partial charge on any atom is 0.410 e. The van der Waals surface area contributed by atoms with E-state index < -0.39 is 11.5 Å². The van der Waals surface area contributed by atoms with E-state index in [1.807, 2.05) is 26.8 Å². The summed E-state index contributed by atoms with van der Waals surface area (Å²) in [5, 5.41) is 10.6. The van der Waals surface area contributed by atoms with Crippen LogP contribution in [0.3, 0.4) is 0 Å². The number of piperazine rings is 1. The van der Waals surface area contributed by atoms with E-state index in [0.717, 1.165) is 5.69 Å². The molecule has 0 saturated carbocycles. The number of H-pyrrole nitrogens is 1. The lowest BCUT2D eigenvalue weighted by Gasteiger charge is -2.36. The van der Waals surface area contributed by atoms with Gasteiger partial charge in [-0.3, -0.25) is 4.79 Å². The highest BCUT2D eigenvalue weighted by molar-refractivity contribution is 6.33. The number of amides is 2. The third-order valence-electron chi connectivity index (χ3n) is 4.29. The predicted octanol–water partition coefficient (Wildman–Crippen LogP) is 2.28. The van der Waals surface area contributed by atoms with Crippen molar-refractivity contribution in [2.75, 3.05) is 31.1 Å². The van der Waals surface area contributed by atoms with Crippen molar-refractivity contribution in [3.8, 4) is 11.3 Å². The van der Waals surface area contributed by atoms with Gasteiger partial charge in [-0.1, -0.05) is 11.6 Å². The Morgan fingerprint density at radius 2 is 1.86 bits per heavy atom. The second-order valence-corrected chi connectivity index (χ2v) is 7.91. The molecule has 9 nitrogen and oxygen atoms in total. The van der Waals surface area contributed by atoms with E-state index in [0.29, 0.717) is 42.5 Å². The van der Waals surface area contributed by atoms with Crippen LogP contribution in [-0.2, 0) is 4.74 Å². The Morgan fingerprint density at radius 3 is 2.43 bits per heavy atom. The lowest BCUT2D eigenvalue weighted by Crippen LogP contribution is -2.50. The van der Waals surface area contributed by atoms with Gasteiger partial charge in [-0.25, -0.2) is 4.79 Å². The third kappa shape index (κ3) is 4.36. The summed E-state index contributed by atoms with van der Waals surface area (Å²) in [5.74, 6) is -0.679. The third-order valence-corrected chi connectivity index (χ3v) is 4.60. The molecule has 1 aliphatic heterocycles. The van der Waals surface area contributed by atoms with Gasteiger partial charge in [0.2, 0.25) is 0 Å². The highest BCUT2D eigenvalue weighted by Gasteiger charge is 2.26. The number of aromatic amines is 1. The number of halogens is 1. The number of benzene rings is 1. The van der Waals surface area contributed by atoms with E-state index in [4.69, 9.17) is 22.1 Å². The van der Waals surface area contributed by atoms with Gasteiger partial charge in [0.25, 0.3) is 5.91 Å². The number of nitrogens with one attached hydrogen (secondary N) is 1. The molecule has 1 aromatic carbocycles. The largest absolute Gasteiger partial charge is 0.444 e. The summed E-state index contributed by atoms with van der Waals surface area (Å²) in [6, 6.07) is 5.48. The van der Waals surface area contributed by atoms with Gasteiger partial charge in [-0.2, -0.15) is 15.4 Å². The maximum atomic E-state index is 12.2. The molecule has 2 aromatic rings. The first-order valence-electron chi connectivity index (χ1n) is 8.89. The van der Waals surface area contributed by atoms with Crippen LogP contribution in [0.15, 0.2) is 18.2 Å². The molecule has 150 valence electrons. The second-order valence-electron chi connectivity index (χ2n) is 7.50. The van der Waals surface area contributed by atoms with E-state index in [1.54, 1.807) is 17.0 Å². The molecule has 0 aliphatic carbocycles. The molecule has 3 N–H and O–H groups in total. The second kappa shape index (κ2) is 7.67. The molecule has 0 radical (unpaired) electrons. The van der Waals surface area contributed by atoms with Crippen molar-refractivity contribution < 1.29 is 14.3 Å². The van der Waals surface area contributed by atoms with E-state index in [2.05, 4.69) is 20.3 Å². The first-order chi connectivity index (χ1) is 13.2. The fourth-order valence-electron chi connectivity index (χ4n) is 2.96. The van der Waals surface area contributed by atoms with Crippen LogP contribution in [-0.4, -0.2) is 64.1 Å². The minimum Gasteiger partial charge on any atom is -0.444 e. The normalized spacial score (nSPS) is 14.9. The number of aromatic nitrogens is 3. The number of anilines is 1. The molecule has 1 aliphatic rings. The lowest BCUT2D eigenvalue weighted by atomic mass is 10.1. The Balaban J connectivity index is 1.69. The summed E-state index contributed by atoms with van der Waals surface area (Å²) in [4.78, 5) is 27.5.